The molecule has 0 saturated carbocycles. The summed E-state index contributed by atoms with van der Waals surface area (Å²) >= 11 is 0. The number of aromatic nitrogens is 3. The van der Waals surface area contributed by atoms with Gasteiger partial charge in [-0.25, -0.2) is 9.97 Å². The number of nitrogens with zero attached hydrogens (tertiary/aromatic N) is 5. The topological polar surface area (TPSA) is 74.5 Å². The lowest BCUT2D eigenvalue weighted by Gasteiger charge is -2.24. The molecule has 0 amide bonds. The van der Waals surface area contributed by atoms with Gasteiger partial charge in [0.2, 0.25) is 0 Å². The van der Waals surface area contributed by atoms with Gasteiger partial charge in [-0.15, -0.1) is 0 Å². The van der Waals surface area contributed by atoms with Crippen molar-refractivity contribution in [3.63, 3.8) is 0 Å². The predicted molar refractivity (Wildman–Crippen MR) is 102 cm³/mol. The van der Waals surface area contributed by atoms with Gasteiger partial charge in [-0.1, -0.05) is 29.4 Å². The molecule has 0 aliphatic rings. The van der Waals surface area contributed by atoms with E-state index in [2.05, 4.69) is 20.1 Å². The van der Waals surface area contributed by atoms with Gasteiger partial charge in [-0.05, 0) is 51.0 Å². The van der Waals surface area contributed by atoms with Gasteiger partial charge >= 0.3 is 0 Å². The maximum Gasteiger partial charge on any atom is 0.186 e. The summed E-state index contributed by atoms with van der Waals surface area (Å²) in [6.07, 6.45) is 3.33. The number of hydrogen-bond donors (Lipinski definition) is 1. The Kier molecular flexibility index (Phi) is 4.93. The minimum absolute atomic E-state index is 0.346. The molecule has 0 bridgehead atoms. The Bertz CT molecular complexity index is 930. The van der Waals surface area contributed by atoms with Crippen LogP contribution in [-0.2, 0) is 0 Å². The monoisotopic (exact) mass is 347 g/mol. The quantitative estimate of drug-likeness (QED) is 0.334. The zero-order valence-electron chi connectivity index (χ0n) is 15.3. The SMILES string of the molecule is Cc1cc(C)nc(N(C(=NO)c2ccccc2C)c2cnc(C)cn2)c1. The fourth-order valence-electron chi connectivity index (χ4n) is 2.81. The summed E-state index contributed by atoms with van der Waals surface area (Å²) < 4.78 is 0. The van der Waals surface area contributed by atoms with Gasteiger partial charge in [0.15, 0.2) is 11.7 Å². The molecule has 0 atom stereocenters. The molecule has 6 heteroatoms. The van der Waals surface area contributed by atoms with Crippen molar-refractivity contribution in [2.75, 3.05) is 4.90 Å². The number of benzene rings is 1. The van der Waals surface area contributed by atoms with Crippen LogP contribution in [0.1, 0.15) is 28.1 Å². The molecule has 0 aliphatic heterocycles. The van der Waals surface area contributed by atoms with E-state index in [9.17, 15) is 5.21 Å². The zero-order valence-corrected chi connectivity index (χ0v) is 15.3. The van der Waals surface area contributed by atoms with Crippen LogP contribution in [0.5, 0.6) is 0 Å². The van der Waals surface area contributed by atoms with Crippen molar-refractivity contribution < 1.29 is 5.21 Å². The van der Waals surface area contributed by atoms with Crippen LogP contribution in [0.2, 0.25) is 0 Å². The fourth-order valence-corrected chi connectivity index (χ4v) is 2.81. The third kappa shape index (κ3) is 3.54. The van der Waals surface area contributed by atoms with Crippen molar-refractivity contribution in [3.05, 3.63) is 76.9 Å². The highest BCUT2D eigenvalue weighted by Crippen LogP contribution is 2.26. The van der Waals surface area contributed by atoms with E-state index < -0.39 is 0 Å². The first kappa shape index (κ1) is 17.5. The van der Waals surface area contributed by atoms with Gasteiger partial charge in [-0.3, -0.25) is 9.88 Å². The van der Waals surface area contributed by atoms with Gasteiger partial charge in [0.1, 0.15) is 5.82 Å². The minimum Gasteiger partial charge on any atom is -0.409 e. The van der Waals surface area contributed by atoms with E-state index in [1.165, 1.54) is 0 Å². The van der Waals surface area contributed by atoms with Crippen molar-refractivity contribution in [1.82, 2.24) is 15.0 Å². The summed E-state index contributed by atoms with van der Waals surface area (Å²) in [5.41, 5.74) is 4.50. The van der Waals surface area contributed by atoms with Crippen LogP contribution >= 0.6 is 0 Å². The van der Waals surface area contributed by atoms with Crippen LogP contribution in [0.3, 0.4) is 0 Å². The first-order valence-electron chi connectivity index (χ1n) is 8.31. The average molecular weight is 347 g/mol. The normalized spacial score (nSPS) is 11.5. The van der Waals surface area contributed by atoms with E-state index in [-0.39, 0.29) is 0 Å². The summed E-state index contributed by atoms with van der Waals surface area (Å²) in [6.45, 7) is 7.77. The minimum atomic E-state index is 0.346. The molecule has 0 unspecified atom stereocenters. The lowest BCUT2D eigenvalue weighted by atomic mass is 10.1. The first-order chi connectivity index (χ1) is 12.5. The maximum atomic E-state index is 9.86. The molecule has 132 valence electrons. The van der Waals surface area contributed by atoms with E-state index in [1.54, 1.807) is 17.3 Å². The predicted octanol–water partition coefficient (Wildman–Crippen LogP) is 4.08. The molecule has 2 heterocycles. The molecule has 1 aromatic carbocycles. The summed E-state index contributed by atoms with van der Waals surface area (Å²) in [4.78, 5) is 15.1. The Hall–Kier alpha value is -3.28. The van der Waals surface area contributed by atoms with E-state index in [1.807, 2.05) is 64.1 Å². The van der Waals surface area contributed by atoms with Crippen molar-refractivity contribution in [2.24, 2.45) is 5.16 Å². The van der Waals surface area contributed by atoms with Gasteiger partial charge < -0.3 is 5.21 Å². The molecule has 2 aromatic heterocycles. The van der Waals surface area contributed by atoms with Gasteiger partial charge in [-0.2, -0.15) is 0 Å². The first-order valence-corrected chi connectivity index (χ1v) is 8.31. The third-order valence-corrected chi connectivity index (χ3v) is 4.00. The molecule has 0 aliphatic carbocycles. The second kappa shape index (κ2) is 7.31. The largest absolute Gasteiger partial charge is 0.409 e. The van der Waals surface area contributed by atoms with Gasteiger partial charge in [0.25, 0.3) is 0 Å². The number of amidine groups is 1. The molecule has 3 aromatic rings. The summed E-state index contributed by atoms with van der Waals surface area (Å²) in [6, 6.07) is 11.6. The van der Waals surface area contributed by atoms with Crippen LogP contribution in [-0.4, -0.2) is 26.0 Å². The highest BCUT2D eigenvalue weighted by atomic mass is 16.4. The second-order valence-electron chi connectivity index (χ2n) is 6.23. The molecule has 0 fully saturated rings. The van der Waals surface area contributed by atoms with Crippen LogP contribution < -0.4 is 4.90 Å². The fraction of sp³-hybridized carbons (Fsp3) is 0.200. The average Bonchev–Trinajstić information content (AvgIpc) is 2.60. The Balaban J connectivity index is 2.23. The van der Waals surface area contributed by atoms with Crippen LogP contribution in [0.25, 0.3) is 0 Å². The zero-order chi connectivity index (χ0) is 18.7. The molecule has 6 nitrogen and oxygen atoms in total. The van der Waals surface area contributed by atoms with Gasteiger partial charge in [0, 0.05) is 11.3 Å². The van der Waals surface area contributed by atoms with Gasteiger partial charge in [0.05, 0.1) is 18.1 Å². The molecule has 1 N–H and O–H groups in total. The lowest BCUT2D eigenvalue weighted by molar-refractivity contribution is 0.318. The van der Waals surface area contributed by atoms with Crippen LogP contribution in [0.15, 0.2) is 53.9 Å². The Morgan fingerprint density at radius 1 is 0.923 bits per heavy atom. The van der Waals surface area contributed by atoms with E-state index in [0.717, 1.165) is 28.1 Å². The van der Waals surface area contributed by atoms with Crippen molar-refractivity contribution in [1.29, 1.82) is 0 Å². The van der Waals surface area contributed by atoms with Crippen molar-refractivity contribution >= 4 is 17.5 Å². The number of anilines is 2. The second-order valence-corrected chi connectivity index (χ2v) is 6.23. The molecule has 26 heavy (non-hydrogen) atoms. The lowest BCUT2D eigenvalue weighted by Crippen LogP contribution is -2.29. The molecule has 0 radical (unpaired) electrons. The van der Waals surface area contributed by atoms with E-state index >= 15 is 0 Å². The highest BCUT2D eigenvalue weighted by Gasteiger charge is 2.23. The number of hydrogen-bond acceptors (Lipinski definition) is 5. The Labute approximate surface area is 152 Å². The number of pyridine rings is 1. The highest BCUT2D eigenvalue weighted by molar-refractivity contribution is 6.13. The van der Waals surface area contributed by atoms with Crippen LogP contribution in [0, 0.1) is 27.7 Å². The Morgan fingerprint density at radius 2 is 1.69 bits per heavy atom. The molecule has 0 spiro atoms. The smallest absolute Gasteiger partial charge is 0.186 e. The molecule has 3 rings (SSSR count). The van der Waals surface area contributed by atoms with Crippen molar-refractivity contribution in [2.45, 2.75) is 27.7 Å². The number of rotatable bonds is 3. The third-order valence-electron chi connectivity index (χ3n) is 4.00. The van der Waals surface area contributed by atoms with E-state index in [0.29, 0.717) is 17.5 Å². The summed E-state index contributed by atoms with van der Waals surface area (Å²) in [5.74, 6) is 1.50. The molecular weight excluding hydrogens is 326 g/mol. The number of oxime groups is 1. The Morgan fingerprint density at radius 3 is 2.31 bits per heavy atom. The number of aryl methyl sites for hydroxylation is 4. The molecule has 0 saturated heterocycles. The summed E-state index contributed by atoms with van der Waals surface area (Å²) in [5, 5.41) is 13.4. The van der Waals surface area contributed by atoms with Crippen LogP contribution in [0.4, 0.5) is 11.6 Å². The molecular formula is C20H21N5O. The maximum absolute atomic E-state index is 9.86. The summed E-state index contributed by atoms with van der Waals surface area (Å²) in [7, 11) is 0. The van der Waals surface area contributed by atoms with Crippen molar-refractivity contribution in [3.8, 4) is 0 Å². The standard InChI is InChI=1S/C20H21N5O/c1-13-9-15(3)23-18(10-13)25(19-12-21-16(4)11-22-19)20(24-26)17-8-6-5-7-14(17)2/h5-12,26H,1-4H3. The van der Waals surface area contributed by atoms with E-state index in [4.69, 9.17) is 0 Å².